The second kappa shape index (κ2) is 7.08. The van der Waals surface area contributed by atoms with Crippen LogP contribution in [-0.4, -0.2) is 36.8 Å². The molecule has 4 aromatic rings. The number of aliphatic hydroxyl groups is 1. The Morgan fingerprint density at radius 2 is 2.11 bits per heavy atom. The van der Waals surface area contributed by atoms with Gasteiger partial charge in [0.25, 0.3) is 0 Å². The maximum atomic E-state index is 13.4. The van der Waals surface area contributed by atoms with E-state index in [0.29, 0.717) is 17.0 Å². The molecular weight excluding hydrogens is 365 g/mol. The van der Waals surface area contributed by atoms with Gasteiger partial charge >= 0.3 is 0 Å². The third kappa shape index (κ3) is 3.05. The number of fused-ring (bicyclic) bond motifs is 1. The summed E-state index contributed by atoms with van der Waals surface area (Å²) in [5.41, 5.74) is 8.29. The number of halogens is 1. The average Bonchev–Trinajstić information content (AvgIpc) is 3.03. The van der Waals surface area contributed by atoms with Crippen molar-refractivity contribution < 1.29 is 14.2 Å². The zero-order chi connectivity index (χ0) is 19.7. The van der Waals surface area contributed by atoms with Crippen LogP contribution < -0.4 is 15.8 Å². The van der Waals surface area contributed by atoms with Crippen molar-refractivity contribution in [3.63, 3.8) is 0 Å². The maximum Gasteiger partial charge on any atom is 0.165 e. The van der Waals surface area contributed by atoms with E-state index in [2.05, 4.69) is 25.4 Å². The van der Waals surface area contributed by atoms with E-state index < -0.39 is 12.0 Å². The van der Waals surface area contributed by atoms with Crippen LogP contribution in [0.3, 0.4) is 0 Å². The van der Waals surface area contributed by atoms with Crippen LogP contribution in [-0.2, 0) is 0 Å². The number of rotatable bonds is 5. The number of ether oxygens (including phenoxy) is 1. The summed E-state index contributed by atoms with van der Waals surface area (Å²) in [6.45, 7) is 0. The normalized spacial score (nSPS) is 12.1. The molecule has 0 aliphatic rings. The first-order chi connectivity index (χ1) is 13.6. The Labute approximate surface area is 158 Å². The number of nitrogens with one attached hydrogen (secondary N) is 1. The van der Waals surface area contributed by atoms with Crippen molar-refractivity contribution in [2.24, 2.45) is 0 Å². The molecule has 1 atom stereocenters. The Hall–Kier alpha value is -3.79. The van der Waals surface area contributed by atoms with E-state index >= 15 is 0 Å². The lowest BCUT2D eigenvalue weighted by Gasteiger charge is -2.18. The van der Waals surface area contributed by atoms with Crippen molar-refractivity contribution >= 4 is 17.2 Å². The van der Waals surface area contributed by atoms with Crippen LogP contribution in [0.5, 0.6) is 5.75 Å². The molecule has 0 amide bonds. The summed E-state index contributed by atoms with van der Waals surface area (Å²) < 4.78 is 20.0. The highest BCUT2D eigenvalue weighted by atomic mass is 19.1. The Morgan fingerprint density at radius 3 is 2.86 bits per heavy atom. The minimum absolute atomic E-state index is 0.0249. The minimum atomic E-state index is -1.28. The van der Waals surface area contributed by atoms with E-state index in [0.717, 1.165) is 18.0 Å². The molecule has 4 N–H and O–H groups in total. The largest absolute Gasteiger partial charge is 0.494 e. The lowest BCUT2D eigenvalue weighted by Crippen LogP contribution is -2.13. The monoisotopic (exact) mass is 381 g/mol. The van der Waals surface area contributed by atoms with Gasteiger partial charge in [0, 0.05) is 18.0 Å². The maximum absolute atomic E-state index is 13.4. The summed E-state index contributed by atoms with van der Waals surface area (Å²) in [5.74, 6) is -0.0463. The zero-order valence-electron chi connectivity index (χ0n) is 14.7. The molecule has 0 saturated carbocycles. The van der Waals surface area contributed by atoms with Crippen molar-refractivity contribution in [3.8, 4) is 16.9 Å². The molecule has 28 heavy (non-hydrogen) atoms. The Balaban J connectivity index is 1.77. The van der Waals surface area contributed by atoms with Gasteiger partial charge in [-0.3, -0.25) is 9.97 Å². The fourth-order valence-corrected chi connectivity index (χ4v) is 2.94. The molecule has 142 valence electrons. The van der Waals surface area contributed by atoms with Gasteiger partial charge < -0.3 is 20.9 Å². The van der Waals surface area contributed by atoms with Gasteiger partial charge in [0.2, 0.25) is 0 Å². The molecule has 0 spiro atoms. The van der Waals surface area contributed by atoms with E-state index in [1.54, 1.807) is 30.9 Å². The van der Waals surface area contributed by atoms with Crippen molar-refractivity contribution in [2.45, 2.75) is 6.23 Å². The second-order valence-electron chi connectivity index (χ2n) is 5.89. The number of nitrogens with two attached hydrogens (primary N) is 1. The van der Waals surface area contributed by atoms with Crippen molar-refractivity contribution in [1.82, 2.24) is 24.6 Å². The van der Waals surface area contributed by atoms with E-state index in [1.807, 2.05) is 6.07 Å². The number of nitrogen functional groups attached to an aromatic ring is 1. The molecule has 9 nitrogen and oxygen atoms in total. The number of pyridine rings is 2. The standard InChI is InChI=1S/C18H16FN7O2/c1-28-13-8-22-7-12(14(13)10-3-2-4-21-5-10)24-18(27)15-16(20)25-26-9-11(19)6-23-17(15)26/h2-9,18,24,27H,1H3,(H2,20,25). The molecule has 1 unspecified atom stereocenters. The van der Waals surface area contributed by atoms with E-state index in [9.17, 15) is 9.50 Å². The quantitative estimate of drug-likeness (QED) is 0.449. The van der Waals surface area contributed by atoms with Crippen LogP contribution in [0.15, 0.2) is 49.3 Å². The number of aliphatic hydroxyl groups excluding tert-OH is 1. The fraction of sp³-hybridized carbons (Fsp3) is 0.111. The van der Waals surface area contributed by atoms with Crippen LogP contribution in [0.4, 0.5) is 15.9 Å². The molecule has 4 rings (SSSR count). The molecular formula is C18H16FN7O2. The molecule has 0 aliphatic carbocycles. The predicted molar refractivity (Wildman–Crippen MR) is 100.0 cm³/mol. The summed E-state index contributed by atoms with van der Waals surface area (Å²) in [5, 5.41) is 17.7. The molecule has 0 fully saturated rings. The van der Waals surface area contributed by atoms with Gasteiger partial charge in [-0.25, -0.2) is 13.9 Å². The van der Waals surface area contributed by atoms with E-state index in [1.165, 1.54) is 11.6 Å². The second-order valence-corrected chi connectivity index (χ2v) is 5.89. The van der Waals surface area contributed by atoms with Crippen LogP contribution >= 0.6 is 0 Å². The van der Waals surface area contributed by atoms with Crippen molar-refractivity contribution in [3.05, 3.63) is 60.7 Å². The first-order valence-electron chi connectivity index (χ1n) is 8.24. The molecule has 0 radical (unpaired) electrons. The highest BCUT2D eigenvalue weighted by Crippen LogP contribution is 2.37. The molecule has 0 saturated heterocycles. The molecule has 0 aromatic carbocycles. The smallest absolute Gasteiger partial charge is 0.165 e. The van der Waals surface area contributed by atoms with Gasteiger partial charge in [-0.2, -0.15) is 0 Å². The number of hydrogen-bond donors (Lipinski definition) is 3. The number of nitrogens with zero attached hydrogens (tertiary/aromatic N) is 5. The summed E-state index contributed by atoms with van der Waals surface area (Å²) in [4.78, 5) is 12.2. The number of aromatic nitrogens is 5. The SMILES string of the molecule is COc1cncc(NC(O)c2c(N)nn3cc(F)cnc23)c1-c1cccnc1. The van der Waals surface area contributed by atoms with Gasteiger partial charge in [-0.05, 0) is 6.07 Å². The lowest BCUT2D eigenvalue weighted by molar-refractivity contribution is 0.210. The van der Waals surface area contributed by atoms with Crippen LogP contribution in [0.25, 0.3) is 16.8 Å². The molecule has 4 heterocycles. The highest BCUT2D eigenvalue weighted by molar-refractivity contribution is 5.82. The van der Waals surface area contributed by atoms with Crippen molar-refractivity contribution in [1.29, 1.82) is 0 Å². The zero-order valence-corrected chi connectivity index (χ0v) is 14.7. The minimum Gasteiger partial charge on any atom is -0.494 e. The van der Waals surface area contributed by atoms with Gasteiger partial charge in [0.1, 0.15) is 5.75 Å². The van der Waals surface area contributed by atoms with Crippen LogP contribution in [0, 0.1) is 5.82 Å². The van der Waals surface area contributed by atoms with Gasteiger partial charge in [-0.15, -0.1) is 5.10 Å². The predicted octanol–water partition coefficient (Wildman–Crippen LogP) is 2.02. The summed E-state index contributed by atoms with van der Waals surface area (Å²) in [7, 11) is 1.53. The molecule has 0 aliphatic heterocycles. The summed E-state index contributed by atoms with van der Waals surface area (Å²) in [6, 6.07) is 3.65. The Kier molecular flexibility index (Phi) is 4.45. The number of anilines is 2. The van der Waals surface area contributed by atoms with Gasteiger partial charge in [0.15, 0.2) is 23.5 Å². The molecule has 10 heteroatoms. The number of methoxy groups -OCH3 is 1. The average molecular weight is 381 g/mol. The van der Waals surface area contributed by atoms with Gasteiger partial charge in [-0.1, -0.05) is 6.07 Å². The third-order valence-corrected chi connectivity index (χ3v) is 4.15. The molecule has 0 bridgehead atoms. The topological polar surface area (TPSA) is 123 Å². The van der Waals surface area contributed by atoms with Crippen molar-refractivity contribution in [2.75, 3.05) is 18.2 Å². The first-order valence-corrected chi connectivity index (χ1v) is 8.24. The summed E-state index contributed by atoms with van der Waals surface area (Å²) in [6.07, 6.45) is 7.31. The Bertz CT molecular complexity index is 1130. The third-order valence-electron chi connectivity index (χ3n) is 4.15. The molecule has 4 aromatic heterocycles. The van der Waals surface area contributed by atoms with E-state index in [4.69, 9.17) is 10.5 Å². The van der Waals surface area contributed by atoms with Crippen LogP contribution in [0.1, 0.15) is 11.8 Å². The van der Waals surface area contributed by atoms with Gasteiger partial charge in [0.05, 0.1) is 48.7 Å². The van der Waals surface area contributed by atoms with Crippen LogP contribution in [0.2, 0.25) is 0 Å². The number of hydrogen-bond acceptors (Lipinski definition) is 8. The summed E-state index contributed by atoms with van der Waals surface area (Å²) >= 11 is 0. The lowest BCUT2D eigenvalue weighted by atomic mass is 10.1. The Morgan fingerprint density at radius 1 is 1.25 bits per heavy atom. The highest BCUT2D eigenvalue weighted by Gasteiger charge is 2.22. The first kappa shape index (κ1) is 17.6. The van der Waals surface area contributed by atoms with E-state index in [-0.39, 0.29) is 17.0 Å². The fourth-order valence-electron chi connectivity index (χ4n) is 2.94.